The summed E-state index contributed by atoms with van der Waals surface area (Å²) < 4.78 is 1.57. The first-order chi connectivity index (χ1) is 13.5. The van der Waals surface area contributed by atoms with E-state index in [-0.39, 0.29) is 5.56 Å². The molecule has 1 heterocycles. The zero-order valence-corrected chi connectivity index (χ0v) is 17.4. The first kappa shape index (κ1) is 19.1. The Kier molecular flexibility index (Phi) is 5.44. The number of benzene rings is 3. The van der Waals surface area contributed by atoms with Crippen LogP contribution >= 0.6 is 35.0 Å². The molecule has 140 valence electrons. The Bertz CT molecular complexity index is 1220. The van der Waals surface area contributed by atoms with Crippen LogP contribution in [0, 0.1) is 6.92 Å². The number of aromatic nitrogens is 2. The van der Waals surface area contributed by atoms with Gasteiger partial charge in [-0.25, -0.2) is 4.98 Å². The largest absolute Gasteiger partial charge is 0.268 e. The Morgan fingerprint density at radius 1 is 1.00 bits per heavy atom. The summed E-state index contributed by atoms with van der Waals surface area (Å²) in [5.74, 6) is 0.691. The summed E-state index contributed by atoms with van der Waals surface area (Å²) in [7, 11) is 0. The second-order valence-corrected chi connectivity index (χ2v) is 8.21. The molecule has 0 aliphatic heterocycles. The van der Waals surface area contributed by atoms with Crippen molar-refractivity contribution in [2.24, 2.45) is 0 Å². The second-order valence-electron chi connectivity index (χ2n) is 6.42. The number of para-hydroxylation sites is 1. The van der Waals surface area contributed by atoms with Crippen molar-refractivity contribution < 1.29 is 0 Å². The molecule has 3 aromatic carbocycles. The van der Waals surface area contributed by atoms with Gasteiger partial charge in [0.2, 0.25) is 0 Å². The molecule has 0 saturated heterocycles. The van der Waals surface area contributed by atoms with E-state index in [1.807, 2.05) is 18.2 Å². The number of rotatable bonds is 4. The standard InChI is InChI=1S/C22H16Cl2N2OS/c1-14-6-8-15(9-7-14)13-28-22-25-19-5-3-2-4-17(19)21(27)26(22)20-11-10-16(23)12-18(20)24/h2-12H,13H2,1H3. The van der Waals surface area contributed by atoms with E-state index in [4.69, 9.17) is 28.2 Å². The van der Waals surface area contributed by atoms with Gasteiger partial charge in [0.15, 0.2) is 5.16 Å². The van der Waals surface area contributed by atoms with E-state index >= 15 is 0 Å². The van der Waals surface area contributed by atoms with Crippen LogP contribution in [0.15, 0.2) is 76.7 Å². The molecule has 4 aromatic rings. The molecule has 0 amide bonds. The Morgan fingerprint density at radius 2 is 1.75 bits per heavy atom. The van der Waals surface area contributed by atoms with Crippen molar-refractivity contribution in [3.05, 3.63) is 98.3 Å². The van der Waals surface area contributed by atoms with Gasteiger partial charge in [0.1, 0.15) is 0 Å². The van der Waals surface area contributed by atoms with Crippen LogP contribution in [0.25, 0.3) is 16.6 Å². The highest BCUT2D eigenvalue weighted by Crippen LogP contribution is 2.29. The molecule has 0 bridgehead atoms. The monoisotopic (exact) mass is 426 g/mol. The third kappa shape index (κ3) is 3.81. The van der Waals surface area contributed by atoms with Crippen molar-refractivity contribution in [3.8, 4) is 5.69 Å². The van der Waals surface area contributed by atoms with Crippen molar-refractivity contribution in [1.29, 1.82) is 0 Å². The Hall–Kier alpha value is -2.27. The number of fused-ring (bicyclic) bond motifs is 1. The summed E-state index contributed by atoms with van der Waals surface area (Å²) in [6, 6.07) is 20.8. The molecule has 0 aliphatic carbocycles. The number of thioether (sulfide) groups is 1. The van der Waals surface area contributed by atoms with E-state index < -0.39 is 0 Å². The summed E-state index contributed by atoms with van der Waals surface area (Å²) in [4.78, 5) is 18.0. The fourth-order valence-electron chi connectivity index (χ4n) is 2.92. The van der Waals surface area contributed by atoms with Gasteiger partial charge in [-0.1, -0.05) is 76.9 Å². The number of nitrogens with zero attached hydrogens (tertiary/aromatic N) is 2. The topological polar surface area (TPSA) is 34.9 Å². The molecular formula is C22H16Cl2N2OS. The highest BCUT2D eigenvalue weighted by Gasteiger charge is 2.16. The third-order valence-corrected chi connectivity index (χ3v) is 5.93. The molecule has 0 atom stereocenters. The van der Waals surface area contributed by atoms with Crippen LogP contribution in [0.1, 0.15) is 11.1 Å². The van der Waals surface area contributed by atoms with Gasteiger partial charge in [-0.05, 0) is 42.8 Å². The minimum absolute atomic E-state index is 0.152. The van der Waals surface area contributed by atoms with Gasteiger partial charge in [0, 0.05) is 10.8 Å². The fraction of sp³-hybridized carbons (Fsp3) is 0.0909. The normalized spacial score (nSPS) is 11.1. The predicted molar refractivity (Wildman–Crippen MR) is 118 cm³/mol. The van der Waals surface area contributed by atoms with E-state index in [0.29, 0.717) is 37.5 Å². The Morgan fingerprint density at radius 3 is 2.50 bits per heavy atom. The van der Waals surface area contributed by atoms with Crippen LogP contribution < -0.4 is 5.56 Å². The molecule has 0 saturated carbocycles. The number of halogens is 2. The van der Waals surface area contributed by atoms with E-state index in [2.05, 4.69) is 31.2 Å². The van der Waals surface area contributed by atoms with Gasteiger partial charge in [-0.2, -0.15) is 0 Å². The molecule has 0 fully saturated rings. The fourth-order valence-corrected chi connectivity index (χ4v) is 4.37. The molecule has 0 spiro atoms. The maximum Gasteiger partial charge on any atom is 0.266 e. The highest BCUT2D eigenvalue weighted by atomic mass is 35.5. The highest BCUT2D eigenvalue weighted by molar-refractivity contribution is 7.98. The minimum Gasteiger partial charge on any atom is -0.268 e. The minimum atomic E-state index is -0.152. The molecule has 4 rings (SSSR count). The summed E-state index contributed by atoms with van der Waals surface area (Å²) in [6.07, 6.45) is 0. The first-order valence-electron chi connectivity index (χ1n) is 8.68. The molecule has 3 nitrogen and oxygen atoms in total. The maximum atomic E-state index is 13.3. The van der Waals surface area contributed by atoms with E-state index in [1.165, 1.54) is 17.3 Å². The Labute approximate surface area is 176 Å². The van der Waals surface area contributed by atoms with Crippen LogP contribution in [0.2, 0.25) is 10.0 Å². The lowest BCUT2D eigenvalue weighted by Gasteiger charge is -2.14. The quantitative estimate of drug-likeness (QED) is 0.284. The lowest BCUT2D eigenvalue weighted by Crippen LogP contribution is -2.22. The zero-order valence-electron chi connectivity index (χ0n) is 15.0. The van der Waals surface area contributed by atoms with Crippen LogP contribution in [0.3, 0.4) is 0 Å². The molecule has 0 N–H and O–H groups in total. The number of hydrogen-bond donors (Lipinski definition) is 0. The van der Waals surface area contributed by atoms with Crippen molar-refractivity contribution in [2.75, 3.05) is 0 Å². The Balaban J connectivity index is 1.85. The lowest BCUT2D eigenvalue weighted by atomic mass is 10.2. The molecular weight excluding hydrogens is 411 g/mol. The molecule has 1 aromatic heterocycles. The van der Waals surface area contributed by atoms with Gasteiger partial charge >= 0.3 is 0 Å². The van der Waals surface area contributed by atoms with E-state index in [0.717, 1.165) is 5.56 Å². The summed E-state index contributed by atoms with van der Waals surface area (Å²) in [5.41, 5.74) is 3.45. The molecule has 6 heteroatoms. The number of aryl methyl sites for hydroxylation is 1. The molecule has 0 radical (unpaired) electrons. The predicted octanol–water partition coefficient (Wildman–Crippen LogP) is 6.29. The molecule has 0 unspecified atom stereocenters. The van der Waals surface area contributed by atoms with Gasteiger partial charge < -0.3 is 0 Å². The van der Waals surface area contributed by atoms with Crippen LogP contribution in [-0.2, 0) is 5.75 Å². The summed E-state index contributed by atoms with van der Waals surface area (Å²) in [5, 5.41) is 2.06. The van der Waals surface area contributed by atoms with Crippen molar-refractivity contribution in [3.63, 3.8) is 0 Å². The molecule has 28 heavy (non-hydrogen) atoms. The average Bonchev–Trinajstić information content (AvgIpc) is 2.69. The van der Waals surface area contributed by atoms with Crippen LogP contribution in [0.4, 0.5) is 0 Å². The van der Waals surface area contributed by atoms with Crippen LogP contribution in [-0.4, -0.2) is 9.55 Å². The second kappa shape index (κ2) is 8.00. The maximum absolute atomic E-state index is 13.3. The third-order valence-electron chi connectivity index (χ3n) is 4.38. The lowest BCUT2D eigenvalue weighted by molar-refractivity contribution is 0.820. The van der Waals surface area contributed by atoms with Crippen molar-refractivity contribution in [2.45, 2.75) is 17.8 Å². The number of hydrogen-bond acceptors (Lipinski definition) is 3. The van der Waals surface area contributed by atoms with Crippen molar-refractivity contribution in [1.82, 2.24) is 9.55 Å². The van der Waals surface area contributed by atoms with Gasteiger partial charge in [0.05, 0.1) is 21.6 Å². The van der Waals surface area contributed by atoms with Gasteiger partial charge in [0.25, 0.3) is 5.56 Å². The molecule has 0 aliphatic rings. The van der Waals surface area contributed by atoms with Gasteiger partial charge in [-0.15, -0.1) is 0 Å². The van der Waals surface area contributed by atoms with E-state index in [9.17, 15) is 4.79 Å². The average molecular weight is 427 g/mol. The smallest absolute Gasteiger partial charge is 0.266 e. The summed E-state index contributed by atoms with van der Waals surface area (Å²) in [6.45, 7) is 2.06. The van der Waals surface area contributed by atoms with Gasteiger partial charge in [-0.3, -0.25) is 9.36 Å². The van der Waals surface area contributed by atoms with Crippen LogP contribution in [0.5, 0.6) is 0 Å². The first-order valence-corrected chi connectivity index (χ1v) is 10.4. The zero-order chi connectivity index (χ0) is 19.7. The van der Waals surface area contributed by atoms with Crippen molar-refractivity contribution >= 4 is 45.9 Å². The SMILES string of the molecule is Cc1ccc(CSc2nc3ccccc3c(=O)n2-c2ccc(Cl)cc2Cl)cc1. The summed E-state index contributed by atoms with van der Waals surface area (Å²) >= 11 is 14.0. The van der Waals surface area contributed by atoms with E-state index in [1.54, 1.807) is 28.8 Å².